The van der Waals surface area contributed by atoms with Gasteiger partial charge in [0.05, 0.1) is 0 Å². The smallest absolute Gasteiger partial charge is 0.204 e. The second kappa shape index (κ2) is 3.06. The van der Waals surface area contributed by atoms with Crippen molar-refractivity contribution in [1.29, 1.82) is 0 Å². The molecule has 0 fully saturated rings. The first-order valence-corrected chi connectivity index (χ1v) is 5.14. The molecule has 1 heteroatoms. The number of H-pyrrole nitrogens is 1. The van der Waals surface area contributed by atoms with Crippen LogP contribution in [0.2, 0.25) is 0 Å². The Balaban J connectivity index is 2.47. The van der Waals surface area contributed by atoms with Crippen molar-refractivity contribution in [2.24, 2.45) is 0 Å². The van der Waals surface area contributed by atoms with Crippen LogP contribution in [0.15, 0.2) is 48.5 Å². The Kier molecular flexibility index (Phi) is 1.72. The molecule has 0 radical (unpaired) electrons. The van der Waals surface area contributed by atoms with Crippen LogP contribution in [0.25, 0.3) is 21.8 Å². The molecule has 72 valence electrons. The van der Waals surface area contributed by atoms with Crippen LogP contribution < -0.4 is 4.98 Å². The average molecular weight is 194 g/mol. The molecule has 0 saturated heterocycles. The summed E-state index contributed by atoms with van der Waals surface area (Å²) in [6, 6.07) is 17.1. The standard InChI is InChI=1S/C14H11N/c1-10-6-7-12-9-11-4-2-3-5-13(11)15-14(12)8-10/h2-9H,1H3/p+1. The molecule has 1 N–H and O–H groups in total. The Morgan fingerprint density at radius 1 is 0.800 bits per heavy atom. The second-order valence-corrected chi connectivity index (χ2v) is 3.95. The normalized spacial score (nSPS) is 11.0. The highest BCUT2D eigenvalue weighted by molar-refractivity contribution is 5.88. The second-order valence-electron chi connectivity index (χ2n) is 3.95. The lowest BCUT2D eigenvalue weighted by Gasteiger charge is -1.96. The predicted molar refractivity (Wildman–Crippen MR) is 62.7 cm³/mol. The largest absolute Gasteiger partial charge is 0.211 e. The van der Waals surface area contributed by atoms with Gasteiger partial charge in [0.15, 0.2) is 0 Å². The van der Waals surface area contributed by atoms with Gasteiger partial charge in [0.25, 0.3) is 0 Å². The molecule has 1 nitrogen and oxygen atoms in total. The van der Waals surface area contributed by atoms with Gasteiger partial charge in [-0.1, -0.05) is 18.2 Å². The molecule has 1 aromatic heterocycles. The summed E-state index contributed by atoms with van der Waals surface area (Å²) in [5.74, 6) is 0. The van der Waals surface area contributed by atoms with Gasteiger partial charge in [-0.2, -0.15) is 0 Å². The Hall–Kier alpha value is -1.89. The van der Waals surface area contributed by atoms with Gasteiger partial charge in [-0.05, 0) is 30.7 Å². The van der Waals surface area contributed by atoms with E-state index in [0.717, 1.165) is 0 Å². The molecule has 0 bridgehead atoms. The number of hydrogen-bond donors (Lipinski definition) is 0. The molecule has 2 aromatic carbocycles. The van der Waals surface area contributed by atoms with Crippen molar-refractivity contribution in [3.05, 3.63) is 54.1 Å². The highest BCUT2D eigenvalue weighted by Gasteiger charge is 2.04. The van der Waals surface area contributed by atoms with E-state index >= 15 is 0 Å². The summed E-state index contributed by atoms with van der Waals surface area (Å²) in [6.45, 7) is 2.11. The van der Waals surface area contributed by atoms with Gasteiger partial charge in [0.2, 0.25) is 11.0 Å². The maximum Gasteiger partial charge on any atom is 0.211 e. The minimum atomic E-state index is 1.19. The minimum absolute atomic E-state index is 1.19. The maximum absolute atomic E-state index is 3.45. The third-order valence-corrected chi connectivity index (χ3v) is 2.75. The van der Waals surface area contributed by atoms with Gasteiger partial charge in [-0.15, -0.1) is 0 Å². The quantitative estimate of drug-likeness (QED) is 0.488. The molecule has 0 amide bonds. The maximum atomic E-state index is 3.45. The van der Waals surface area contributed by atoms with Gasteiger partial charge in [-0.3, -0.25) is 0 Å². The van der Waals surface area contributed by atoms with E-state index in [9.17, 15) is 0 Å². The third kappa shape index (κ3) is 1.37. The number of benzene rings is 2. The third-order valence-electron chi connectivity index (χ3n) is 2.75. The molecule has 0 saturated carbocycles. The number of fused-ring (bicyclic) bond motifs is 2. The van der Waals surface area contributed by atoms with Crippen molar-refractivity contribution in [3.8, 4) is 0 Å². The van der Waals surface area contributed by atoms with Crippen LogP contribution in [0.1, 0.15) is 5.56 Å². The molecule has 0 aliphatic rings. The SMILES string of the molecule is Cc1ccc2cc3ccccc3[nH+]c2c1. The molecule has 0 spiro atoms. The molecule has 0 atom stereocenters. The lowest BCUT2D eigenvalue weighted by Crippen LogP contribution is -2.04. The Labute approximate surface area is 88.4 Å². The summed E-state index contributed by atoms with van der Waals surface area (Å²) in [6.07, 6.45) is 0. The summed E-state index contributed by atoms with van der Waals surface area (Å²) in [4.78, 5) is 3.45. The van der Waals surface area contributed by atoms with E-state index in [4.69, 9.17) is 0 Å². The van der Waals surface area contributed by atoms with Crippen molar-refractivity contribution in [2.75, 3.05) is 0 Å². The van der Waals surface area contributed by atoms with Crippen molar-refractivity contribution < 1.29 is 4.98 Å². The number of aromatic nitrogens is 1. The van der Waals surface area contributed by atoms with Gasteiger partial charge in [0, 0.05) is 22.9 Å². The minimum Gasteiger partial charge on any atom is -0.204 e. The molecule has 1 heterocycles. The zero-order valence-electron chi connectivity index (χ0n) is 8.62. The highest BCUT2D eigenvalue weighted by atomic mass is 14.7. The number of pyridine rings is 1. The van der Waals surface area contributed by atoms with Crippen LogP contribution in [0, 0.1) is 6.92 Å². The summed E-state index contributed by atoms with van der Waals surface area (Å²) in [5, 5.41) is 2.52. The molecular weight excluding hydrogens is 182 g/mol. The van der Waals surface area contributed by atoms with E-state index in [2.05, 4.69) is 60.4 Å². The van der Waals surface area contributed by atoms with E-state index in [1.807, 2.05) is 0 Å². The van der Waals surface area contributed by atoms with E-state index in [1.54, 1.807) is 0 Å². The monoisotopic (exact) mass is 194 g/mol. The summed E-state index contributed by atoms with van der Waals surface area (Å²) in [5.41, 5.74) is 3.68. The fourth-order valence-corrected chi connectivity index (χ4v) is 1.95. The number of para-hydroxylation sites is 1. The first-order valence-electron chi connectivity index (χ1n) is 5.14. The first kappa shape index (κ1) is 8.42. The molecule has 0 aliphatic carbocycles. The summed E-state index contributed by atoms with van der Waals surface area (Å²) < 4.78 is 0. The highest BCUT2D eigenvalue weighted by Crippen LogP contribution is 2.16. The average Bonchev–Trinajstić information content (AvgIpc) is 2.26. The summed E-state index contributed by atoms with van der Waals surface area (Å²) in [7, 11) is 0. The van der Waals surface area contributed by atoms with Crippen molar-refractivity contribution in [1.82, 2.24) is 0 Å². The topological polar surface area (TPSA) is 14.1 Å². The number of rotatable bonds is 0. The first-order chi connectivity index (χ1) is 7.33. The zero-order valence-corrected chi connectivity index (χ0v) is 8.62. The van der Waals surface area contributed by atoms with E-state index in [1.165, 1.54) is 27.4 Å². The zero-order chi connectivity index (χ0) is 10.3. The van der Waals surface area contributed by atoms with Crippen molar-refractivity contribution >= 4 is 21.8 Å². The van der Waals surface area contributed by atoms with Crippen LogP contribution in [0.4, 0.5) is 0 Å². The molecule has 3 rings (SSSR count). The lowest BCUT2D eigenvalue weighted by molar-refractivity contribution is -0.310. The Morgan fingerprint density at radius 3 is 2.53 bits per heavy atom. The molecular formula is C14H12N+. The van der Waals surface area contributed by atoms with Gasteiger partial charge in [-0.25, -0.2) is 4.98 Å². The number of aryl methyl sites for hydroxylation is 1. The number of nitrogens with one attached hydrogen (secondary N) is 1. The van der Waals surface area contributed by atoms with Crippen LogP contribution in [-0.2, 0) is 0 Å². The van der Waals surface area contributed by atoms with Gasteiger partial charge >= 0.3 is 0 Å². The summed E-state index contributed by atoms with van der Waals surface area (Å²) >= 11 is 0. The molecule has 0 unspecified atom stereocenters. The number of aromatic amines is 1. The van der Waals surface area contributed by atoms with E-state index < -0.39 is 0 Å². The van der Waals surface area contributed by atoms with E-state index in [-0.39, 0.29) is 0 Å². The molecule has 3 aromatic rings. The fourth-order valence-electron chi connectivity index (χ4n) is 1.95. The Morgan fingerprint density at radius 2 is 1.60 bits per heavy atom. The van der Waals surface area contributed by atoms with E-state index in [0.29, 0.717) is 0 Å². The fraction of sp³-hybridized carbons (Fsp3) is 0.0714. The van der Waals surface area contributed by atoms with Crippen molar-refractivity contribution in [3.63, 3.8) is 0 Å². The predicted octanol–water partition coefficient (Wildman–Crippen LogP) is 3.12. The van der Waals surface area contributed by atoms with Crippen LogP contribution in [0.5, 0.6) is 0 Å². The van der Waals surface area contributed by atoms with Crippen LogP contribution >= 0.6 is 0 Å². The van der Waals surface area contributed by atoms with Crippen molar-refractivity contribution in [2.45, 2.75) is 6.92 Å². The number of hydrogen-bond acceptors (Lipinski definition) is 0. The molecule has 15 heavy (non-hydrogen) atoms. The lowest BCUT2D eigenvalue weighted by atomic mass is 10.1. The van der Waals surface area contributed by atoms with Gasteiger partial charge in [0.1, 0.15) is 0 Å². The molecule has 0 aliphatic heterocycles. The Bertz CT molecular complexity index is 641. The van der Waals surface area contributed by atoms with Crippen LogP contribution in [-0.4, -0.2) is 0 Å². The van der Waals surface area contributed by atoms with Gasteiger partial charge < -0.3 is 0 Å². The van der Waals surface area contributed by atoms with Crippen LogP contribution in [0.3, 0.4) is 0 Å².